The molecule has 1 unspecified atom stereocenters. The lowest BCUT2D eigenvalue weighted by Crippen LogP contribution is -2.41. The van der Waals surface area contributed by atoms with Gasteiger partial charge in [-0.1, -0.05) is 26.3 Å². The van der Waals surface area contributed by atoms with E-state index in [1.165, 1.54) is 24.0 Å². The number of carbonyl (C=O) groups excluding carboxylic acids is 1. The molecule has 1 aliphatic heterocycles. The van der Waals surface area contributed by atoms with Crippen molar-refractivity contribution < 1.29 is 14.3 Å². The van der Waals surface area contributed by atoms with Crippen LogP contribution in [-0.4, -0.2) is 24.8 Å². The minimum Gasteiger partial charge on any atom is -0.347 e. The van der Waals surface area contributed by atoms with Crippen LogP contribution in [0.2, 0.25) is 0 Å². The Balaban J connectivity index is 1.51. The highest BCUT2D eigenvalue weighted by atomic mass is 16.7. The van der Waals surface area contributed by atoms with Gasteiger partial charge in [0.2, 0.25) is 0 Å². The molecule has 5 fully saturated rings. The van der Waals surface area contributed by atoms with Gasteiger partial charge in [-0.3, -0.25) is 4.79 Å². The molecule has 23 heavy (non-hydrogen) atoms. The zero-order valence-electron chi connectivity index (χ0n) is 14.4. The summed E-state index contributed by atoms with van der Waals surface area (Å²) in [4.78, 5) is 13.5. The molecule has 1 saturated heterocycles. The molecule has 4 saturated carbocycles. The van der Waals surface area contributed by atoms with Gasteiger partial charge < -0.3 is 9.47 Å². The van der Waals surface area contributed by atoms with Crippen LogP contribution in [0, 0.1) is 34.0 Å². The summed E-state index contributed by atoms with van der Waals surface area (Å²) in [5.74, 6) is 1.91. The number of Topliss-reactive ketones (excluding diaryl/α,β-unsaturated/α-hetero) is 1. The van der Waals surface area contributed by atoms with E-state index >= 15 is 0 Å². The second kappa shape index (κ2) is 3.48. The predicted molar refractivity (Wildman–Crippen MR) is 84.5 cm³/mol. The highest BCUT2D eigenvalue weighted by Gasteiger charge is 2.92. The molecule has 0 radical (unpaired) electrons. The fourth-order valence-corrected chi connectivity index (χ4v) is 8.52. The molecular weight excluding hydrogens is 288 g/mol. The molecular formula is C20H26O3. The van der Waals surface area contributed by atoms with Gasteiger partial charge in [-0.15, -0.1) is 0 Å². The molecule has 6 aliphatic carbocycles. The molecule has 7 rings (SSSR count). The molecule has 7 aliphatic rings. The summed E-state index contributed by atoms with van der Waals surface area (Å²) in [6.07, 6.45) is 5.16. The first-order valence-corrected chi connectivity index (χ1v) is 9.43. The number of ether oxygens (including phenoxy) is 2. The fraction of sp³-hybridized carbons (Fsp3) is 0.850. The van der Waals surface area contributed by atoms with E-state index in [1.54, 1.807) is 0 Å². The van der Waals surface area contributed by atoms with E-state index in [0.29, 0.717) is 42.2 Å². The Morgan fingerprint density at radius 1 is 1.09 bits per heavy atom. The Morgan fingerprint density at radius 3 is 2.52 bits per heavy atom. The molecule has 5 atom stereocenters. The molecule has 0 amide bonds. The summed E-state index contributed by atoms with van der Waals surface area (Å²) in [6.45, 7) is 8.70. The van der Waals surface area contributed by atoms with Crippen LogP contribution in [0.15, 0.2) is 11.1 Å². The summed E-state index contributed by atoms with van der Waals surface area (Å²) in [5, 5.41) is 0. The van der Waals surface area contributed by atoms with E-state index in [2.05, 4.69) is 20.8 Å². The normalized spacial score (nSPS) is 53.7. The summed E-state index contributed by atoms with van der Waals surface area (Å²) in [5.41, 5.74) is 3.18. The van der Waals surface area contributed by atoms with Gasteiger partial charge in [-0.05, 0) is 53.4 Å². The topological polar surface area (TPSA) is 35.5 Å². The van der Waals surface area contributed by atoms with Gasteiger partial charge in [-0.2, -0.15) is 0 Å². The molecule has 0 aromatic rings. The van der Waals surface area contributed by atoms with E-state index in [0.717, 1.165) is 19.3 Å². The largest absolute Gasteiger partial charge is 0.347 e. The molecule has 3 heteroatoms. The van der Waals surface area contributed by atoms with Crippen molar-refractivity contribution in [1.82, 2.24) is 0 Å². The number of hydrogen-bond donors (Lipinski definition) is 0. The summed E-state index contributed by atoms with van der Waals surface area (Å²) < 4.78 is 12.0. The van der Waals surface area contributed by atoms with Crippen molar-refractivity contribution in [3.8, 4) is 0 Å². The molecule has 4 bridgehead atoms. The lowest BCUT2D eigenvalue weighted by Gasteiger charge is -2.46. The average Bonchev–Trinajstić information content (AvgIpc) is 2.73. The first-order valence-electron chi connectivity index (χ1n) is 9.43. The Hall–Kier alpha value is -0.670. The van der Waals surface area contributed by atoms with Crippen molar-refractivity contribution in [1.29, 1.82) is 0 Å². The first kappa shape index (κ1) is 13.6. The zero-order chi connectivity index (χ0) is 15.8. The number of hydrogen-bond acceptors (Lipinski definition) is 3. The second-order valence-corrected chi connectivity index (χ2v) is 9.78. The van der Waals surface area contributed by atoms with Crippen LogP contribution < -0.4 is 0 Å². The van der Waals surface area contributed by atoms with Crippen LogP contribution in [0.4, 0.5) is 0 Å². The molecule has 0 aromatic heterocycles. The maximum Gasteiger partial charge on any atom is 0.172 e. The molecule has 2 spiro atoms. The Labute approximate surface area is 137 Å². The highest BCUT2D eigenvalue weighted by Crippen LogP contribution is 2.93. The molecule has 1 heterocycles. The van der Waals surface area contributed by atoms with Crippen LogP contribution in [0.3, 0.4) is 0 Å². The monoisotopic (exact) mass is 314 g/mol. The van der Waals surface area contributed by atoms with Gasteiger partial charge in [0.05, 0.1) is 13.2 Å². The Morgan fingerprint density at radius 2 is 1.83 bits per heavy atom. The molecule has 0 aromatic carbocycles. The predicted octanol–water partition coefficient (Wildman–Crippen LogP) is 3.48. The standard InChI is InChI=1S/C20H26O3/c1-17(2)13-5-6-18(3)16(17)20(18)14(13)12-10-19(22-8-9-23-19)7-4-11(12)15(20)21/h13-14,16H,4-10H2,1-3H3/t13-,14+,16-,18?,20+/m0/s1. The smallest absolute Gasteiger partial charge is 0.172 e. The Bertz CT molecular complexity index is 683. The fourth-order valence-electron chi connectivity index (χ4n) is 8.52. The summed E-state index contributed by atoms with van der Waals surface area (Å²) in [7, 11) is 0. The van der Waals surface area contributed by atoms with E-state index in [-0.39, 0.29) is 10.8 Å². The summed E-state index contributed by atoms with van der Waals surface area (Å²) in [6, 6.07) is 0. The quantitative estimate of drug-likeness (QED) is 0.687. The third-order valence-corrected chi connectivity index (χ3v) is 8.96. The number of carbonyl (C=O) groups is 1. The molecule has 0 N–H and O–H groups in total. The highest BCUT2D eigenvalue weighted by molar-refractivity contribution is 6.08. The van der Waals surface area contributed by atoms with Crippen molar-refractivity contribution in [2.45, 2.75) is 58.7 Å². The van der Waals surface area contributed by atoms with Crippen LogP contribution in [0.25, 0.3) is 0 Å². The van der Waals surface area contributed by atoms with Crippen molar-refractivity contribution in [2.24, 2.45) is 34.0 Å². The average molecular weight is 314 g/mol. The minimum absolute atomic E-state index is 0.0335. The zero-order valence-corrected chi connectivity index (χ0v) is 14.4. The maximum absolute atomic E-state index is 13.5. The lowest BCUT2D eigenvalue weighted by molar-refractivity contribution is -0.165. The number of allylic oxidation sites excluding steroid dienone is 1. The number of rotatable bonds is 0. The Kier molecular flexibility index (Phi) is 2.06. The molecule has 3 nitrogen and oxygen atoms in total. The van der Waals surface area contributed by atoms with Gasteiger partial charge in [-0.25, -0.2) is 0 Å². The van der Waals surface area contributed by atoms with Gasteiger partial charge in [0.1, 0.15) is 0 Å². The van der Waals surface area contributed by atoms with E-state index < -0.39 is 5.79 Å². The SMILES string of the molecule is CC1(C)[C@H]2CCC3(C)[C@H]1[C@@]31C(=O)C3=C(CC4(CC3)OCCO4)[C@H]21. The van der Waals surface area contributed by atoms with Crippen LogP contribution >= 0.6 is 0 Å². The third-order valence-electron chi connectivity index (χ3n) is 8.96. The third kappa shape index (κ3) is 1.12. The van der Waals surface area contributed by atoms with Gasteiger partial charge in [0, 0.05) is 18.3 Å². The summed E-state index contributed by atoms with van der Waals surface area (Å²) >= 11 is 0. The van der Waals surface area contributed by atoms with Crippen molar-refractivity contribution in [2.75, 3.05) is 13.2 Å². The van der Waals surface area contributed by atoms with Gasteiger partial charge >= 0.3 is 0 Å². The van der Waals surface area contributed by atoms with Crippen molar-refractivity contribution >= 4 is 5.78 Å². The van der Waals surface area contributed by atoms with Crippen LogP contribution in [0.1, 0.15) is 52.9 Å². The van der Waals surface area contributed by atoms with Gasteiger partial charge in [0.25, 0.3) is 0 Å². The number of ketones is 1. The van der Waals surface area contributed by atoms with E-state index in [4.69, 9.17) is 9.47 Å². The second-order valence-electron chi connectivity index (χ2n) is 9.78. The van der Waals surface area contributed by atoms with E-state index in [1.807, 2.05) is 0 Å². The molecule has 124 valence electrons. The van der Waals surface area contributed by atoms with Crippen LogP contribution in [0.5, 0.6) is 0 Å². The van der Waals surface area contributed by atoms with Crippen molar-refractivity contribution in [3.05, 3.63) is 11.1 Å². The van der Waals surface area contributed by atoms with Gasteiger partial charge in [0.15, 0.2) is 11.6 Å². The first-order chi connectivity index (χ1) is 10.9. The van der Waals surface area contributed by atoms with Crippen molar-refractivity contribution in [3.63, 3.8) is 0 Å². The minimum atomic E-state index is -0.401. The lowest BCUT2D eigenvalue weighted by atomic mass is 9.58. The van der Waals surface area contributed by atoms with E-state index in [9.17, 15) is 4.79 Å². The maximum atomic E-state index is 13.5. The number of fused-ring (bicyclic) bond motifs is 1. The van der Waals surface area contributed by atoms with Crippen LogP contribution in [-0.2, 0) is 14.3 Å².